The Morgan fingerprint density at radius 3 is 1.82 bits per heavy atom. The topological polar surface area (TPSA) is 107 Å². The maximum Gasteiger partial charge on any atom is 0.407 e. The standard InChI is InChI=1S/C13H23NO3.C12H22N2O3/c1-13(2,3)17-12(15)14-10-7-8-16-11-6-4-5-9(10)11;1-12(2,3)17-11(15)14-9-4-5-16-10-7-13-6-8(9)10/h9-11H,4-8H2,1-3H3,(H,14,15);8-10,13H,4-7H2,1-3H3,(H,14,15)/t9-,10+,11-;8-,9+,10-/m11/s1. The minimum Gasteiger partial charge on any atom is -0.444 e. The van der Waals surface area contributed by atoms with Gasteiger partial charge in [0.2, 0.25) is 0 Å². The monoisotopic (exact) mass is 483 g/mol. The normalized spacial score (nSPS) is 33.0. The van der Waals surface area contributed by atoms with Crippen LogP contribution in [0.3, 0.4) is 0 Å². The molecule has 4 rings (SSSR count). The molecule has 0 aromatic rings. The molecule has 0 spiro atoms. The summed E-state index contributed by atoms with van der Waals surface area (Å²) in [5.74, 6) is 0.854. The maximum absolute atomic E-state index is 11.7. The smallest absolute Gasteiger partial charge is 0.407 e. The molecule has 0 aromatic carbocycles. The van der Waals surface area contributed by atoms with Crippen molar-refractivity contribution in [1.29, 1.82) is 0 Å². The molecule has 0 unspecified atom stereocenters. The molecule has 9 heteroatoms. The van der Waals surface area contributed by atoms with Gasteiger partial charge in [-0.15, -0.1) is 0 Å². The minimum absolute atomic E-state index is 0.165. The summed E-state index contributed by atoms with van der Waals surface area (Å²) >= 11 is 0. The number of rotatable bonds is 2. The highest BCUT2D eigenvalue weighted by atomic mass is 16.6. The van der Waals surface area contributed by atoms with E-state index in [-0.39, 0.29) is 30.4 Å². The van der Waals surface area contributed by atoms with Crippen molar-refractivity contribution in [3.63, 3.8) is 0 Å². The lowest BCUT2D eigenvalue weighted by atomic mass is 9.91. The summed E-state index contributed by atoms with van der Waals surface area (Å²) in [5.41, 5.74) is -0.868. The fourth-order valence-electron chi connectivity index (χ4n) is 5.28. The van der Waals surface area contributed by atoms with E-state index >= 15 is 0 Å². The number of amides is 2. The van der Waals surface area contributed by atoms with E-state index in [2.05, 4.69) is 16.0 Å². The first-order chi connectivity index (χ1) is 15.9. The first kappa shape index (κ1) is 27.0. The molecule has 6 atom stereocenters. The molecule has 9 nitrogen and oxygen atoms in total. The Labute approximate surface area is 204 Å². The zero-order chi connectivity index (χ0) is 24.9. The molecule has 1 aliphatic carbocycles. The van der Waals surface area contributed by atoms with Crippen molar-refractivity contribution in [2.24, 2.45) is 11.8 Å². The second kappa shape index (κ2) is 11.4. The Hall–Kier alpha value is -1.58. The van der Waals surface area contributed by atoms with Gasteiger partial charge in [0, 0.05) is 50.2 Å². The summed E-state index contributed by atoms with van der Waals surface area (Å²) in [4.78, 5) is 23.5. The molecule has 0 bridgehead atoms. The second-order valence-corrected chi connectivity index (χ2v) is 11.8. The molecule has 3 N–H and O–H groups in total. The summed E-state index contributed by atoms with van der Waals surface area (Å²) in [6, 6.07) is 0.393. The van der Waals surface area contributed by atoms with Crippen LogP contribution >= 0.6 is 0 Å². The van der Waals surface area contributed by atoms with Gasteiger partial charge in [0.1, 0.15) is 11.2 Å². The molecule has 1 saturated carbocycles. The van der Waals surface area contributed by atoms with Gasteiger partial charge in [0.25, 0.3) is 0 Å². The van der Waals surface area contributed by atoms with E-state index in [0.717, 1.165) is 45.4 Å². The summed E-state index contributed by atoms with van der Waals surface area (Å²) < 4.78 is 22.0. The molecule has 2 amide bonds. The lowest BCUT2D eigenvalue weighted by Crippen LogP contribution is -2.50. The van der Waals surface area contributed by atoms with Gasteiger partial charge >= 0.3 is 12.2 Å². The van der Waals surface area contributed by atoms with Crippen LogP contribution in [-0.4, -0.2) is 74.0 Å². The third kappa shape index (κ3) is 8.27. The Kier molecular flexibility index (Phi) is 9.09. The van der Waals surface area contributed by atoms with E-state index in [9.17, 15) is 9.59 Å². The highest BCUT2D eigenvalue weighted by Gasteiger charge is 2.40. The van der Waals surface area contributed by atoms with Crippen molar-refractivity contribution in [3.8, 4) is 0 Å². The van der Waals surface area contributed by atoms with Crippen molar-refractivity contribution in [1.82, 2.24) is 16.0 Å². The van der Waals surface area contributed by atoms with Crippen LogP contribution in [0.2, 0.25) is 0 Å². The summed E-state index contributed by atoms with van der Waals surface area (Å²) in [5, 5.41) is 9.27. The van der Waals surface area contributed by atoms with Crippen LogP contribution in [0, 0.1) is 11.8 Å². The number of fused-ring (bicyclic) bond motifs is 2. The number of carbonyl (C=O) groups is 2. The lowest BCUT2D eigenvalue weighted by Gasteiger charge is -2.34. The third-order valence-corrected chi connectivity index (χ3v) is 6.67. The molecule has 4 fully saturated rings. The van der Waals surface area contributed by atoms with Crippen molar-refractivity contribution < 1.29 is 28.5 Å². The van der Waals surface area contributed by atoms with E-state index in [1.807, 2.05) is 41.5 Å². The molecule has 3 heterocycles. The quantitative estimate of drug-likeness (QED) is 0.553. The Morgan fingerprint density at radius 1 is 0.735 bits per heavy atom. The molecule has 3 aliphatic heterocycles. The SMILES string of the molecule is CC(C)(C)OC(=O)N[C@H]1CCO[C@@H]2CCC[C@H]12.CC(C)(C)OC(=O)N[C@H]1CCO[C@@H]2CNC[C@H]12. The highest BCUT2D eigenvalue weighted by molar-refractivity contribution is 5.68. The van der Waals surface area contributed by atoms with Crippen LogP contribution < -0.4 is 16.0 Å². The van der Waals surface area contributed by atoms with E-state index in [1.54, 1.807) is 0 Å². The summed E-state index contributed by atoms with van der Waals surface area (Å²) in [6.07, 6.45) is 5.24. The Balaban J connectivity index is 0.000000191. The third-order valence-electron chi connectivity index (χ3n) is 6.67. The van der Waals surface area contributed by atoms with Crippen LogP contribution in [0.5, 0.6) is 0 Å². The van der Waals surface area contributed by atoms with Gasteiger partial charge in [-0.25, -0.2) is 9.59 Å². The molecule has 4 aliphatic rings. The van der Waals surface area contributed by atoms with Gasteiger partial charge in [0.05, 0.1) is 12.2 Å². The van der Waals surface area contributed by atoms with Crippen molar-refractivity contribution in [2.75, 3.05) is 26.3 Å². The van der Waals surface area contributed by atoms with Gasteiger partial charge in [0.15, 0.2) is 0 Å². The number of hydrogen-bond acceptors (Lipinski definition) is 7. The number of carbonyl (C=O) groups excluding carboxylic acids is 2. The van der Waals surface area contributed by atoms with Gasteiger partial charge in [-0.05, 0) is 67.2 Å². The van der Waals surface area contributed by atoms with E-state index in [0.29, 0.717) is 24.5 Å². The van der Waals surface area contributed by atoms with E-state index < -0.39 is 11.2 Å². The van der Waals surface area contributed by atoms with Crippen LogP contribution in [0.25, 0.3) is 0 Å². The average Bonchev–Trinajstić information content (AvgIpc) is 3.35. The zero-order valence-corrected chi connectivity index (χ0v) is 21.8. The molecular weight excluding hydrogens is 438 g/mol. The average molecular weight is 484 g/mol. The van der Waals surface area contributed by atoms with Crippen molar-refractivity contribution >= 4 is 12.2 Å². The van der Waals surface area contributed by atoms with Crippen LogP contribution in [-0.2, 0) is 18.9 Å². The van der Waals surface area contributed by atoms with Crippen LogP contribution in [0.15, 0.2) is 0 Å². The Morgan fingerprint density at radius 2 is 1.26 bits per heavy atom. The highest BCUT2D eigenvalue weighted by Crippen LogP contribution is 2.35. The minimum atomic E-state index is -0.442. The van der Waals surface area contributed by atoms with Crippen LogP contribution in [0.1, 0.15) is 73.6 Å². The summed E-state index contributed by atoms with van der Waals surface area (Å²) in [6.45, 7) is 14.5. The number of hydrogen-bond donors (Lipinski definition) is 3. The largest absolute Gasteiger partial charge is 0.444 e. The number of alkyl carbamates (subject to hydrolysis) is 2. The fourth-order valence-corrected chi connectivity index (χ4v) is 5.28. The molecule has 0 aromatic heterocycles. The van der Waals surface area contributed by atoms with Gasteiger partial charge in [-0.1, -0.05) is 6.42 Å². The fraction of sp³-hybridized carbons (Fsp3) is 0.920. The number of ether oxygens (including phenoxy) is 4. The van der Waals surface area contributed by atoms with Gasteiger partial charge in [-0.3, -0.25) is 0 Å². The first-order valence-corrected chi connectivity index (χ1v) is 12.8. The van der Waals surface area contributed by atoms with Crippen molar-refractivity contribution in [2.45, 2.75) is 109 Å². The van der Waals surface area contributed by atoms with Crippen molar-refractivity contribution in [3.05, 3.63) is 0 Å². The number of nitrogens with one attached hydrogen (secondary N) is 3. The zero-order valence-electron chi connectivity index (χ0n) is 21.8. The predicted octanol–water partition coefficient (Wildman–Crippen LogP) is 3.36. The van der Waals surface area contributed by atoms with Crippen LogP contribution in [0.4, 0.5) is 9.59 Å². The van der Waals surface area contributed by atoms with Gasteiger partial charge < -0.3 is 34.9 Å². The maximum atomic E-state index is 11.7. The first-order valence-electron chi connectivity index (χ1n) is 12.8. The molecule has 34 heavy (non-hydrogen) atoms. The summed E-state index contributed by atoms with van der Waals surface area (Å²) in [7, 11) is 0. The van der Waals surface area contributed by atoms with E-state index in [1.165, 1.54) is 6.42 Å². The Bertz CT molecular complexity index is 631. The lowest BCUT2D eigenvalue weighted by molar-refractivity contribution is -0.0292. The molecule has 196 valence electrons. The van der Waals surface area contributed by atoms with Gasteiger partial charge in [-0.2, -0.15) is 0 Å². The molecule has 0 radical (unpaired) electrons. The van der Waals surface area contributed by atoms with E-state index in [4.69, 9.17) is 18.9 Å². The molecule has 3 saturated heterocycles. The second-order valence-electron chi connectivity index (χ2n) is 11.8. The predicted molar refractivity (Wildman–Crippen MR) is 129 cm³/mol. The molecular formula is C25H45N3O6.